The van der Waals surface area contributed by atoms with Gasteiger partial charge in [0.15, 0.2) is 5.65 Å². The van der Waals surface area contributed by atoms with E-state index in [4.69, 9.17) is 10.7 Å². The molecule has 0 aromatic carbocycles. The van der Waals surface area contributed by atoms with Crippen molar-refractivity contribution < 1.29 is 9.59 Å². The number of hydrogen-bond donors (Lipinski definition) is 2. The van der Waals surface area contributed by atoms with Crippen LogP contribution in [0.1, 0.15) is 37.7 Å². The van der Waals surface area contributed by atoms with Crippen molar-refractivity contribution in [2.45, 2.75) is 32.1 Å². The number of amides is 2. The highest BCUT2D eigenvalue weighted by atomic mass is 16.2. The molecule has 8 nitrogen and oxygen atoms in total. The van der Waals surface area contributed by atoms with Crippen LogP contribution in [0.3, 0.4) is 0 Å². The third-order valence-corrected chi connectivity index (χ3v) is 5.69. The van der Waals surface area contributed by atoms with Crippen LogP contribution in [0.15, 0.2) is 18.5 Å². The second-order valence-corrected chi connectivity index (χ2v) is 7.55. The number of nitrogens with zero attached hydrogens (tertiary/aromatic N) is 4. The SMILES string of the molecule is NC(=O)/C=C/c1c[nH]c2ncc(N3CCN(C(=O)C4CCCCC4)CC3)nc12. The molecule has 0 atom stereocenters. The van der Waals surface area contributed by atoms with Gasteiger partial charge in [-0.05, 0) is 18.9 Å². The number of hydrogen-bond acceptors (Lipinski definition) is 5. The fourth-order valence-corrected chi connectivity index (χ4v) is 4.12. The molecule has 1 saturated heterocycles. The molecule has 28 heavy (non-hydrogen) atoms. The first kappa shape index (κ1) is 18.5. The average Bonchev–Trinajstić information content (AvgIpc) is 3.14. The lowest BCUT2D eigenvalue weighted by Gasteiger charge is -2.37. The van der Waals surface area contributed by atoms with Crippen LogP contribution in [0.2, 0.25) is 0 Å². The Kier molecular flexibility index (Phi) is 5.27. The molecular weight excluding hydrogens is 356 g/mol. The molecule has 1 aliphatic carbocycles. The Morgan fingerprint density at radius 1 is 1.14 bits per heavy atom. The highest BCUT2D eigenvalue weighted by molar-refractivity contribution is 5.93. The summed E-state index contributed by atoms with van der Waals surface area (Å²) < 4.78 is 0. The van der Waals surface area contributed by atoms with Crippen LogP contribution in [-0.4, -0.2) is 57.8 Å². The molecule has 0 radical (unpaired) electrons. The van der Waals surface area contributed by atoms with E-state index < -0.39 is 5.91 Å². The van der Waals surface area contributed by atoms with E-state index in [0.29, 0.717) is 17.1 Å². The fraction of sp³-hybridized carbons (Fsp3) is 0.500. The molecule has 2 aliphatic rings. The number of rotatable bonds is 4. The summed E-state index contributed by atoms with van der Waals surface area (Å²) >= 11 is 0. The van der Waals surface area contributed by atoms with Crippen LogP contribution >= 0.6 is 0 Å². The minimum Gasteiger partial charge on any atom is -0.366 e. The van der Waals surface area contributed by atoms with Gasteiger partial charge in [0.25, 0.3) is 0 Å². The number of anilines is 1. The van der Waals surface area contributed by atoms with Gasteiger partial charge in [-0.15, -0.1) is 0 Å². The second-order valence-electron chi connectivity index (χ2n) is 7.55. The molecule has 2 aromatic heterocycles. The Morgan fingerprint density at radius 3 is 2.61 bits per heavy atom. The van der Waals surface area contributed by atoms with Crippen molar-refractivity contribution in [2.75, 3.05) is 31.1 Å². The van der Waals surface area contributed by atoms with Gasteiger partial charge < -0.3 is 20.5 Å². The van der Waals surface area contributed by atoms with Crippen molar-refractivity contribution in [1.29, 1.82) is 0 Å². The molecule has 3 N–H and O–H groups in total. The number of aromatic nitrogens is 3. The summed E-state index contributed by atoms with van der Waals surface area (Å²) in [5.41, 5.74) is 7.32. The van der Waals surface area contributed by atoms with Crippen molar-refractivity contribution in [3.63, 3.8) is 0 Å². The fourth-order valence-electron chi connectivity index (χ4n) is 4.12. The number of aromatic amines is 1. The van der Waals surface area contributed by atoms with Crippen LogP contribution in [-0.2, 0) is 9.59 Å². The third kappa shape index (κ3) is 3.85. The first-order valence-electron chi connectivity index (χ1n) is 9.97. The highest BCUT2D eigenvalue weighted by Crippen LogP contribution is 2.26. The van der Waals surface area contributed by atoms with Gasteiger partial charge in [-0.1, -0.05) is 19.3 Å². The molecule has 3 heterocycles. The molecule has 8 heteroatoms. The van der Waals surface area contributed by atoms with Crippen molar-refractivity contribution in [2.24, 2.45) is 11.7 Å². The summed E-state index contributed by atoms with van der Waals surface area (Å²) in [6.07, 6.45) is 12.1. The number of fused-ring (bicyclic) bond motifs is 1. The number of nitrogens with one attached hydrogen (secondary N) is 1. The van der Waals surface area contributed by atoms with Crippen molar-refractivity contribution in [3.8, 4) is 0 Å². The van der Waals surface area contributed by atoms with Gasteiger partial charge in [-0.3, -0.25) is 9.59 Å². The summed E-state index contributed by atoms with van der Waals surface area (Å²) in [6.45, 7) is 2.93. The second kappa shape index (κ2) is 8.00. The van der Waals surface area contributed by atoms with Gasteiger partial charge in [-0.25, -0.2) is 9.97 Å². The van der Waals surface area contributed by atoms with Gasteiger partial charge in [0.05, 0.1) is 6.20 Å². The third-order valence-electron chi connectivity index (χ3n) is 5.69. The quantitative estimate of drug-likeness (QED) is 0.782. The van der Waals surface area contributed by atoms with Gasteiger partial charge in [0.1, 0.15) is 11.3 Å². The van der Waals surface area contributed by atoms with E-state index in [1.807, 2.05) is 4.90 Å². The molecular formula is C20H26N6O2. The van der Waals surface area contributed by atoms with Crippen molar-refractivity contribution in [1.82, 2.24) is 19.9 Å². The zero-order valence-electron chi connectivity index (χ0n) is 15.9. The number of carbonyl (C=O) groups excluding carboxylic acids is 2. The topological polar surface area (TPSA) is 108 Å². The van der Waals surface area contributed by atoms with Gasteiger partial charge in [0.2, 0.25) is 11.8 Å². The standard InChI is InChI=1S/C20H26N6O2/c21-16(27)7-6-15-12-22-19-18(15)24-17(13-23-19)25-8-10-26(11-9-25)20(28)14-4-2-1-3-5-14/h6-7,12-14H,1-5,8-11H2,(H2,21,27)(H,22,23)/b7-6+. The number of carbonyl (C=O) groups is 2. The van der Waals surface area contributed by atoms with Crippen LogP contribution in [0.25, 0.3) is 17.2 Å². The normalized spacial score (nSPS) is 18.9. The van der Waals surface area contributed by atoms with Gasteiger partial charge in [0, 0.05) is 49.9 Å². The predicted molar refractivity (Wildman–Crippen MR) is 107 cm³/mol. The molecule has 2 amide bonds. The Balaban J connectivity index is 1.44. The van der Waals surface area contributed by atoms with E-state index >= 15 is 0 Å². The van der Waals surface area contributed by atoms with E-state index in [1.54, 1.807) is 18.5 Å². The van der Waals surface area contributed by atoms with Crippen LogP contribution < -0.4 is 10.6 Å². The lowest BCUT2D eigenvalue weighted by atomic mass is 9.88. The van der Waals surface area contributed by atoms with Crippen molar-refractivity contribution in [3.05, 3.63) is 24.0 Å². The van der Waals surface area contributed by atoms with Crippen molar-refractivity contribution >= 4 is 34.9 Å². The molecule has 4 rings (SSSR count). The maximum Gasteiger partial charge on any atom is 0.241 e. The Hall–Kier alpha value is -2.90. The molecule has 0 unspecified atom stereocenters. The summed E-state index contributed by atoms with van der Waals surface area (Å²) in [5, 5.41) is 0. The van der Waals surface area contributed by atoms with Gasteiger partial charge in [-0.2, -0.15) is 0 Å². The summed E-state index contributed by atoms with van der Waals surface area (Å²) in [6, 6.07) is 0. The minimum absolute atomic E-state index is 0.218. The smallest absolute Gasteiger partial charge is 0.241 e. The van der Waals surface area contributed by atoms with Crippen LogP contribution in [0.5, 0.6) is 0 Å². The maximum absolute atomic E-state index is 12.7. The summed E-state index contributed by atoms with van der Waals surface area (Å²) in [5.74, 6) is 0.823. The number of H-pyrrole nitrogens is 1. The Labute approximate surface area is 163 Å². The Bertz CT molecular complexity index is 891. The number of primary amides is 1. The predicted octanol–water partition coefficient (Wildman–Crippen LogP) is 1.69. The van der Waals surface area contributed by atoms with E-state index in [1.165, 1.54) is 25.3 Å². The van der Waals surface area contributed by atoms with Crippen LogP contribution in [0, 0.1) is 5.92 Å². The first-order chi connectivity index (χ1) is 13.6. The van der Waals surface area contributed by atoms with E-state index in [0.717, 1.165) is 50.4 Å². The molecule has 1 aliphatic heterocycles. The molecule has 0 bridgehead atoms. The molecule has 2 aromatic rings. The molecule has 148 valence electrons. The Morgan fingerprint density at radius 2 is 1.89 bits per heavy atom. The zero-order chi connectivity index (χ0) is 19.5. The lowest BCUT2D eigenvalue weighted by Crippen LogP contribution is -2.50. The monoisotopic (exact) mass is 382 g/mol. The molecule has 2 fully saturated rings. The zero-order valence-corrected chi connectivity index (χ0v) is 15.9. The van der Waals surface area contributed by atoms with E-state index in [2.05, 4.69) is 14.9 Å². The maximum atomic E-state index is 12.7. The lowest BCUT2D eigenvalue weighted by molar-refractivity contribution is -0.136. The first-order valence-corrected chi connectivity index (χ1v) is 9.97. The minimum atomic E-state index is -0.503. The molecule has 1 saturated carbocycles. The van der Waals surface area contributed by atoms with E-state index in [9.17, 15) is 9.59 Å². The van der Waals surface area contributed by atoms with Gasteiger partial charge >= 0.3 is 0 Å². The van der Waals surface area contributed by atoms with E-state index in [-0.39, 0.29) is 5.92 Å². The summed E-state index contributed by atoms with van der Waals surface area (Å²) in [4.78, 5) is 40.1. The highest BCUT2D eigenvalue weighted by Gasteiger charge is 2.28. The molecule has 0 spiro atoms. The number of piperazine rings is 1. The largest absolute Gasteiger partial charge is 0.366 e. The number of nitrogens with two attached hydrogens (primary N) is 1. The summed E-state index contributed by atoms with van der Waals surface area (Å²) in [7, 11) is 0. The average molecular weight is 382 g/mol. The van der Waals surface area contributed by atoms with Crippen LogP contribution in [0.4, 0.5) is 5.82 Å².